The molecular formula is C24H29N5O2S. The number of nitrogens with zero attached hydrogens (tertiary/aromatic N) is 2. The van der Waals surface area contributed by atoms with Gasteiger partial charge in [0.15, 0.2) is 0 Å². The van der Waals surface area contributed by atoms with Crippen molar-refractivity contribution in [2.75, 3.05) is 23.8 Å². The second-order valence-corrected chi connectivity index (χ2v) is 9.05. The van der Waals surface area contributed by atoms with E-state index in [1.54, 1.807) is 6.20 Å². The minimum Gasteiger partial charge on any atom is -0.493 e. The molecule has 7 nitrogen and oxygen atoms in total. The quantitative estimate of drug-likeness (QED) is 0.331. The SMILES string of the molecule is CCOc1cc(Cc2cnc(N)nc2N)cc(OSC2CCC2)c1-c1ccc(N)c(C)c1. The number of aromatic nitrogens is 2. The van der Waals surface area contributed by atoms with Gasteiger partial charge in [0.05, 0.1) is 24.2 Å². The standard InChI is InChI=1S/C24H29N5O2S/c1-3-30-20-11-15(10-17-13-28-24(27)29-23(17)26)12-21(31-32-18-5-4-6-18)22(20)16-7-8-19(25)14(2)9-16/h7-9,11-13,18H,3-6,10,25H2,1-2H3,(H4,26,27,28,29). The molecule has 0 unspecified atom stereocenters. The number of aryl methyl sites for hydroxylation is 1. The van der Waals surface area contributed by atoms with Crippen molar-refractivity contribution in [2.45, 2.75) is 44.8 Å². The van der Waals surface area contributed by atoms with Crippen LogP contribution in [0.3, 0.4) is 0 Å². The van der Waals surface area contributed by atoms with E-state index in [-0.39, 0.29) is 5.95 Å². The lowest BCUT2D eigenvalue weighted by Crippen LogP contribution is -2.14. The van der Waals surface area contributed by atoms with Crippen LogP contribution in [-0.4, -0.2) is 21.8 Å². The fourth-order valence-corrected chi connectivity index (χ4v) is 4.47. The van der Waals surface area contributed by atoms with Crippen LogP contribution in [0, 0.1) is 6.92 Å². The summed E-state index contributed by atoms with van der Waals surface area (Å²) >= 11 is 1.53. The second kappa shape index (κ2) is 9.56. The Morgan fingerprint density at radius 1 is 1.09 bits per heavy atom. The Bertz CT molecular complexity index is 1120. The Morgan fingerprint density at radius 2 is 1.88 bits per heavy atom. The molecule has 0 radical (unpaired) electrons. The van der Waals surface area contributed by atoms with E-state index in [1.165, 1.54) is 31.3 Å². The zero-order chi connectivity index (χ0) is 22.7. The van der Waals surface area contributed by atoms with E-state index in [9.17, 15) is 0 Å². The highest BCUT2D eigenvalue weighted by molar-refractivity contribution is 7.95. The lowest BCUT2D eigenvalue weighted by Gasteiger charge is -2.25. The molecule has 32 heavy (non-hydrogen) atoms. The van der Waals surface area contributed by atoms with Crippen molar-refractivity contribution in [2.24, 2.45) is 0 Å². The van der Waals surface area contributed by atoms with E-state index >= 15 is 0 Å². The van der Waals surface area contributed by atoms with Crippen LogP contribution in [0.15, 0.2) is 36.5 Å². The third kappa shape index (κ3) is 4.85. The molecule has 3 aromatic rings. The molecule has 0 spiro atoms. The van der Waals surface area contributed by atoms with Crippen LogP contribution in [0.1, 0.15) is 42.9 Å². The highest BCUT2D eigenvalue weighted by Crippen LogP contribution is 2.44. The first-order valence-corrected chi connectivity index (χ1v) is 11.6. The molecule has 0 aliphatic heterocycles. The summed E-state index contributed by atoms with van der Waals surface area (Å²) in [7, 11) is 0. The molecule has 168 valence electrons. The predicted octanol–water partition coefficient (Wildman–Crippen LogP) is 4.77. The molecule has 1 aliphatic rings. The maximum Gasteiger partial charge on any atom is 0.221 e. The molecule has 0 saturated heterocycles. The van der Waals surface area contributed by atoms with Crippen molar-refractivity contribution in [1.29, 1.82) is 0 Å². The first kappa shape index (κ1) is 22.1. The van der Waals surface area contributed by atoms with Crippen LogP contribution in [0.5, 0.6) is 11.5 Å². The number of ether oxygens (including phenoxy) is 1. The Morgan fingerprint density at radius 3 is 2.53 bits per heavy atom. The highest BCUT2D eigenvalue weighted by Gasteiger charge is 2.23. The molecule has 1 fully saturated rings. The van der Waals surface area contributed by atoms with Crippen molar-refractivity contribution in [3.8, 4) is 22.6 Å². The van der Waals surface area contributed by atoms with Crippen molar-refractivity contribution in [3.63, 3.8) is 0 Å². The molecule has 1 aliphatic carbocycles. The van der Waals surface area contributed by atoms with Crippen molar-refractivity contribution >= 4 is 29.5 Å². The number of nitrogens with two attached hydrogens (primary N) is 3. The van der Waals surface area contributed by atoms with Gasteiger partial charge in [0.1, 0.15) is 17.3 Å². The fourth-order valence-electron chi connectivity index (χ4n) is 3.57. The minimum absolute atomic E-state index is 0.163. The van der Waals surface area contributed by atoms with E-state index in [2.05, 4.69) is 16.0 Å². The fraction of sp³-hybridized carbons (Fsp3) is 0.333. The van der Waals surface area contributed by atoms with Crippen LogP contribution >= 0.6 is 12.0 Å². The summed E-state index contributed by atoms with van der Waals surface area (Å²) in [6.07, 6.45) is 5.82. The van der Waals surface area contributed by atoms with Gasteiger partial charge in [0, 0.05) is 29.1 Å². The average molecular weight is 452 g/mol. The normalized spacial score (nSPS) is 13.6. The van der Waals surface area contributed by atoms with E-state index in [0.29, 0.717) is 24.1 Å². The van der Waals surface area contributed by atoms with Gasteiger partial charge in [-0.15, -0.1) is 0 Å². The topological polar surface area (TPSA) is 122 Å². The van der Waals surface area contributed by atoms with Crippen LogP contribution < -0.4 is 26.1 Å². The van der Waals surface area contributed by atoms with Gasteiger partial charge in [0.25, 0.3) is 0 Å². The van der Waals surface area contributed by atoms with E-state index in [1.807, 2.05) is 38.1 Å². The van der Waals surface area contributed by atoms with Gasteiger partial charge in [0.2, 0.25) is 5.95 Å². The zero-order valence-corrected chi connectivity index (χ0v) is 19.2. The summed E-state index contributed by atoms with van der Waals surface area (Å²) in [6.45, 7) is 4.51. The molecule has 2 aromatic carbocycles. The number of nitrogen functional groups attached to an aromatic ring is 3. The summed E-state index contributed by atoms with van der Waals surface area (Å²) in [5.74, 6) is 2.06. The summed E-state index contributed by atoms with van der Waals surface area (Å²) < 4.78 is 12.4. The van der Waals surface area contributed by atoms with Gasteiger partial charge in [-0.2, -0.15) is 4.98 Å². The maximum absolute atomic E-state index is 6.30. The Labute approximate surface area is 192 Å². The van der Waals surface area contributed by atoms with Gasteiger partial charge < -0.3 is 26.1 Å². The van der Waals surface area contributed by atoms with Crippen LogP contribution in [0.25, 0.3) is 11.1 Å². The number of rotatable bonds is 8. The van der Waals surface area contributed by atoms with Crippen LogP contribution in [-0.2, 0) is 6.42 Å². The van der Waals surface area contributed by atoms with Gasteiger partial charge in [-0.05, 0) is 67.6 Å². The minimum atomic E-state index is 0.163. The second-order valence-electron chi connectivity index (χ2n) is 8.02. The summed E-state index contributed by atoms with van der Waals surface area (Å²) in [5.41, 5.74) is 23.3. The van der Waals surface area contributed by atoms with Crippen LogP contribution in [0.4, 0.5) is 17.5 Å². The maximum atomic E-state index is 6.30. The molecule has 1 aromatic heterocycles. The molecule has 8 heteroatoms. The first-order chi connectivity index (χ1) is 15.4. The first-order valence-electron chi connectivity index (χ1n) is 10.8. The summed E-state index contributed by atoms with van der Waals surface area (Å²) in [5, 5.41) is 0.524. The summed E-state index contributed by atoms with van der Waals surface area (Å²) in [6, 6.07) is 10.1. The Balaban J connectivity index is 1.77. The van der Waals surface area contributed by atoms with E-state index < -0.39 is 0 Å². The van der Waals surface area contributed by atoms with Gasteiger partial charge in [-0.3, -0.25) is 0 Å². The lowest BCUT2D eigenvalue weighted by atomic mass is 9.97. The van der Waals surface area contributed by atoms with Gasteiger partial charge >= 0.3 is 0 Å². The molecule has 4 rings (SSSR count). The molecule has 6 N–H and O–H groups in total. The molecule has 0 atom stereocenters. The average Bonchev–Trinajstić information content (AvgIpc) is 2.71. The van der Waals surface area contributed by atoms with Gasteiger partial charge in [-0.1, -0.05) is 12.5 Å². The Hall–Kier alpha value is -3.13. The highest BCUT2D eigenvalue weighted by atomic mass is 32.2. The number of benzene rings is 2. The monoisotopic (exact) mass is 451 g/mol. The molecular weight excluding hydrogens is 422 g/mol. The number of hydrogen-bond acceptors (Lipinski definition) is 8. The van der Waals surface area contributed by atoms with Crippen LogP contribution in [0.2, 0.25) is 0 Å². The lowest BCUT2D eigenvalue weighted by molar-refractivity contribution is 0.340. The van der Waals surface area contributed by atoms with E-state index in [0.717, 1.165) is 45.0 Å². The third-order valence-corrected chi connectivity index (χ3v) is 6.64. The molecule has 1 saturated carbocycles. The number of anilines is 3. The predicted molar refractivity (Wildman–Crippen MR) is 132 cm³/mol. The molecule has 0 bridgehead atoms. The van der Waals surface area contributed by atoms with E-state index in [4.69, 9.17) is 26.1 Å². The van der Waals surface area contributed by atoms with Crippen molar-refractivity contribution < 1.29 is 8.92 Å². The number of hydrogen-bond donors (Lipinski definition) is 3. The third-order valence-electron chi connectivity index (χ3n) is 5.62. The van der Waals surface area contributed by atoms with Crippen molar-refractivity contribution in [3.05, 3.63) is 53.2 Å². The summed E-state index contributed by atoms with van der Waals surface area (Å²) in [4.78, 5) is 8.16. The zero-order valence-electron chi connectivity index (χ0n) is 18.4. The van der Waals surface area contributed by atoms with Gasteiger partial charge in [-0.25, -0.2) is 4.98 Å². The largest absolute Gasteiger partial charge is 0.493 e. The molecule has 0 amide bonds. The Kier molecular flexibility index (Phi) is 6.60. The molecule has 1 heterocycles. The van der Waals surface area contributed by atoms with Crippen molar-refractivity contribution in [1.82, 2.24) is 9.97 Å². The smallest absolute Gasteiger partial charge is 0.221 e.